The molecule has 0 unspecified atom stereocenters. The summed E-state index contributed by atoms with van der Waals surface area (Å²) in [7, 11) is 0. The Morgan fingerprint density at radius 2 is 2.05 bits per heavy atom. The molecule has 1 aromatic carbocycles. The number of halogens is 1. The average molecular weight is 282 g/mol. The van der Waals surface area contributed by atoms with Gasteiger partial charge in [0.25, 0.3) is 0 Å². The normalized spacial score (nSPS) is 16.3. The van der Waals surface area contributed by atoms with E-state index in [0.29, 0.717) is 17.2 Å². The molecule has 104 valence electrons. The third kappa shape index (κ3) is 4.22. The van der Waals surface area contributed by atoms with Crippen molar-refractivity contribution in [1.82, 2.24) is 4.90 Å². The third-order valence-corrected chi connectivity index (χ3v) is 3.76. The maximum absolute atomic E-state index is 11.3. The summed E-state index contributed by atoms with van der Waals surface area (Å²) in [6, 6.07) is 5.24. The van der Waals surface area contributed by atoms with E-state index >= 15 is 0 Å². The van der Waals surface area contributed by atoms with E-state index in [1.165, 1.54) is 39.3 Å². The molecular weight excluding hydrogens is 262 g/mol. The van der Waals surface area contributed by atoms with Crippen LogP contribution in [-0.2, 0) is 0 Å². The number of Topliss-reactive ketones (excluding diaryl/α,β-unsaturated/α-hetero) is 1. The van der Waals surface area contributed by atoms with Crippen LogP contribution in [0.25, 0.3) is 0 Å². The number of ether oxygens (including phenoxy) is 1. The molecule has 0 aromatic heterocycles. The zero-order valence-corrected chi connectivity index (χ0v) is 12.1. The van der Waals surface area contributed by atoms with Crippen molar-refractivity contribution in [2.24, 2.45) is 0 Å². The summed E-state index contributed by atoms with van der Waals surface area (Å²) >= 11 is 6.04. The van der Waals surface area contributed by atoms with Gasteiger partial charge in [-0.1, -0.05) is 18.0 Å². The Labute approximate surface area is 119 Å². The molecule has 0 atom stereocenters. The molecule has 1 aliphatic rings. The molecular formula is C15H20ClNO2. The lowest BCUT2D eigenvalue weighted by atomic mass is 10.1. The quantitative estimate of drug-likeness (QED) is 0.775. The SMILES string of the molecule is CC(=O)c1ccc(OCCN2CCCCC2)cc1Cl. The molecule has 1 aromatic rings. The third-order valence-electron chi connectivity index (χ3n) is 3.44. The van der Waals surface area contributed by atoms with Crippen molar-refractivity contribution in [2.75, 3.05) is 26.2 Å². The fourth-order valence-corrected chi connectivity index (χ4v) is 2.65. The standard InChI is InChI=1S/C15H20ClNO2/c1-12(18)14-6-5-13(11-15(14)16)19-10-9-17-7-3-2-4-8-17/h5-6,11H,2-4,7-10H2,1H3. The lowest BCUT2D eigenvalue weighted by Crippen LogP contribution is -2.33. The van der Waals surface area contributed by atoms with Gasteiger partial charge >= 0.3 is 0 Å². The average Bonchev–Trinajstić information content (AvgIpc) is 2.39. The fourth-order valence-electron chi connectivity index (χ4n) is 2.35. The van der Waals surface area contributed by atoms with Crippen LogP contribution in [0.3, 0.4) is 0 Å². The van der Waals surface area contributed by atoms with E-state index in [0.717, 1.165) is 12.3 Å². The first-order valence-corrected chi connectivity index (χ1v) is 7.20. The predicted molar refractivity (Wildman–Crippen MR) is 77.2 cm³/mol. The van der Waals surface area contributed by atoms with Crippen LogP contribution in [0.4, 0.5) is 0 Å². The molecule has 19 heavy (non-hydrogen) atoms. The number of nitrogens with zero attached hydrogens (tertiary/aromatic N) is 1. The molecule has 1 fully saturated rings. The summed E-state index contributed by atoms with van der Waals surface area (Å²) in [5, 5.41) is 0.461. The highest BCUT2D eigenvalue weighted by Gasteiger charge is 2.10. The lowest BCUT2D eigenvalue weighted by Gasteiger charge is -2.26. The maximum atomic E-state index is 11.3. The first-order valence-electron chi connectivity index (χ1n) is 6.82. The Morgan fingerprint density at radius 1 is 1.32 bits per heavy atom. The minimum absolute atomic E-state index is 0.0233. The summed E-state index contributed by atoms with van der Waals surface area (Å²) in [5.74, 6) is 0.705. The maximum Gasteiger partial charge on any atom is 0.161 e. The minimum Gasteiger partial charge on any atom is -0.492 e. The van der Waals surface area contributed by atoms with Crippen LogP contribution in [0.1, 0.15) is 36.5 Å². The summed E-state index contributed by atoms with van der Waals surface area (Å²) in [6.45, 7) is 5.47. The Hall–Kier alpha value is -1.06. The molecule has 0 aliphatic carbocycles. The van der Waals surface area contributed by atoms with Gasteiger partial charge in [-0.3, -0.25) is 9.69 Å². The second-order valence-corrected chi connectivity index (χ2v) is 5.36. The van der Waals surface area contributed by atoms with E-state index in [1.807, 2.05) is 0 Å². The zero-order valence-electron chi connectivity index (χ0n) is 11.3. The van der Waals surface area contributed by atoms with E-state index in [1.54, 1.807) is 18.2 Å². The van der Waals surface area contributed by atoms with Gasteiger partial charge in [0.2, 0.25) is 0 Å². The second kappa shape index (κ2) is 6.92. The van der Waals surface area contributed by atoms with Gasteiger partial charge in [0.1, 0.15) is 12.4 Å². The van der Waals surface area contributed by atoms with Crippen LogP contribution < -0.4 is 4.74 Å². The van der Waals surface area contributed by atoms with Gasteiger partial charge in [0.05, 0.1) is 5.02 Å². The van der Waals surface area contributed by atoms with Crippen molar-refractivity contribution in [3.05, 3.63) is 28.8 Å². The smallest absolute Gasteiger partial charge is 0.161 e. The molecule has 3 nitrogen and oxygen atoms in total. The molecule has 0 N–H and O–H groups in total. The summed E-state index contributed by atoms with van der Waals surface area (Å²) in [6.07, 6.45) is 3.93. The van der Waals surface area contributed by atoms with Crippen LogP contribution in [0, 0.1) is 0 Å². The molecule has 0 bridgehead atoms. The Bertz CT molecular complexity index is 442. The number of carbonyl (C=O) groups is 1. The monoisotopic (exact) mass is 281 g/mol. The van der Waals surface area contributed by atoms with Crippen LogP contribution in [0.5, 0.6) is 5.75 Å². The van der Waals surface area contributed by atoms with Gasteiger partial charge in [0.15, 0.2) is 5.78 Å². The Balaban J connectivity index is 1.82. The van der Waals surface area contributed by atoms with Gasteiger partial charge < -0.3 is 4.74 Å². The van der Waals surface area contributed by atoms with Gasteiger partial charge in [-0.05, 0) is 51.1 Å². The highest BCUT2D eigenvalue weighted by Crippen LogP contribution is 2.23. The number of carbonyl (C=O) groups excluding carboxylic acids is 1. The van der Waals surface area contributed by atoms with E-state index in [-0.39, 0.29) is 5.78 Å². The molecule has 0 saturated carbocycles. The van der Waals surface area contributed by atoms with Crippen molar-refractivity contribution < 1.29 is 9.53 Å². The molecule has 0 spiro atoms. The highest BCUT2D eigenvalue weighted by molar-refractivity contribution is 6.34. The largest absolute Gasteiger partial charge is 0.492 e. The van der Waals surface area contributed by atoms with Crippen molar-refractivity contribution >= 4 is 17.4 Å². The summed E-state index contributed by atoms with van der Waals surface area (Å²) in [5.41, 5.74) is 0.546. The molecule has 2 rings (SSSR count). The van der Waals surface area contributed by atoms with E-state index in [2.05, 4.69) is 4.90 Å². The van der Waals surface area contributed by atoms with Gasteiger partial charge in [0, 0.05) is 12.1 Å². The molecule has 0 amide bonds. The van der Waals surface area contributed by atoms with Crippen LogP contribution in [-0.4, -0.2) is 36.9 Å². The summed E-state index contributed by atoms with van der Waals surface area (Å²) < 4.78 is 5.69. The van der Waals surface area contributed by atoms with E-state index in [4.69, 9.17) is 16.3 Å². The number of ketones is 1. The first kappa shape index (κ1) is 14.4. The van der Waals surface area contributed by atoms with Crippen LogP contribution >= 0.6 is 11.6 Å². The Morgan fingerprint density at radius 3 is 2.68 bits per heavy atom. The number of rotatable bonds is 5. The van der Waals surface area contributed by atoms with Crippen molar-refractivity contribution in [3.8, 4) is 5.75 Å². The van der Waals surface area contributed by atoms with Crippen LogP contribution in [0.15, 0.2) is 18.2 Å². The molecule has 1 aliphatic heterocycles. The molecule has 0 radical (unpaired) electrons. The minimum atomic E-state index is -0.0233. The Kier molecular flexibility index (Phi) is 5.23. The van der Waals surface area contributed by atoms with Gasteiger partial charge in [-0.15, -0.1) is 0 Å². The van der Waals surface area contributed by atoms with Gasteiger partial charge in [-0.25, -0.2) is 0 Å². The number of benzene rings is 1. The zero-order chi connectivity index (χ0) is 13.7. The lowest BCUT2D eigenvalue weighted by molar-refractivity contribution is 0.101. The topological polar surface area (TPSA) is 29.5 Å². The first-order chi connectivity index (χ1) is 9.16. The van der Waals surface area contributed by atoms with E-state index < -0.39 is 0 Å². The van der Waals surface area contributed by atoms with Crippen molar-refractivity contribution in [1.29, 1.82) is 0 Å². The number of piperidine rings is 1. The second-order valence-electron chi connectivity index (χ2n) is 4.95. The van der Waals surface area contributed by atoms with Crippen molar-refractivity contribution in [2.45, 2.75) is 26.2 Å². The number of likely N-dealkylation sites (tertiary alicyclic amines) is 1. The molecule has 4 heteroatoms. The van der Waals surface area contributed by atoms with Crippen LogP contribution in [0.2, 0.25) is 5.02 Å². The van der Waals surface area contributed by atoms with Gasteiger partial charge in [-0.2, -0.15) is 0 Å². The fraction of sp³-hybridized carbons (Fsp3) is 0.533. The molecule has 1 heterocycles. The number of hydrogen-bond donors (Lipinski definition) is 0. The van der Waals surface area contributed by atoms with E-state index in [9.17, 15) is 4.79 Å². The highest BCUT2D eigenvalue weighted by atomic mass is 35.5. The summed E-state index contributed by atoms with van der Waals surface area (Å²) in [4.78, 5) is 13.7. The number of hydrogen-bond acceptors (Lipinski definition) is 3. The predicted octanol–water partition coefficient (Wildman–Crippen LogP) is 3.41. The molecule has 1 saturated heterocycles. The van der Waals surface area contributed by atoms with Crippen molar-refractivity contribution in [3.63, 3.8) is 0 Å².